The zero-order chi connectivity index (χ0) is 21.5. The number of benzene rings is 1. The Morgan fingerprint density at radius 2 is 1.83 bits per heavy atom. The number of pyridine rings is 1. The van der Waals surface area contributed by atoms with Crippen LogP contribution in [0.25, 0.3) is 16.8 Å². The maximum atomic E-state index is 12.7. The zero-order valence-electron chi connectivity index (χ0n) is 15.7. The summed E-state index contributed by atoms with van der Waals surface area (Å²) in [5, 5.41) is 17.6. The second-order valence-corrected chi connectivity index (χ2v) is 8.12. The van der Waals surface area contributed by atoms with E-state index in [4.69, 9.17) is 27.9 Å². The molecule has 1 fully saturated rings. The molecular weight excluding hydrogens is 442 g/mol. The Morgan fingerprint density at radius 3 is 2.50 bits per heavy atom. The minimum absolute atomic E-state index is 0.000245. The van der Waals surface area contributed by atoms with Crippen molar-refractivity contribution in [2.45, 2.75) is 50.5 Å². The first-order valence-electron chi connectivity index (χ1n) is 9.45. The van der Waals surface area contributed by atoms with E-state index in [1.165, 1.54) is 10.6 Å². The summed E-state index contributed by atoms with van der Waals surface area (Å²) in [6, 6.07) is 6.82. The number of hydrogen-bond acceptors (Lipinski definition) is 4. The molecule has 1 N–H and O–H groups in total. The normalized spacial score (nSPS) is 19.9. The van der Waals surface area contributed by atoms with Crippen LogP contribution in [-0.4, -0.2) is 38.1 Å². The SMILES string of the molecule is OC1CCC(Oc2ccc(-c3ccn4c(CC(F)(F)F)nnc4c3Cl)cc2Cl)CC1. The Morgan fingerprint density at radius 1 is 1.10 bits per heavy atom. The van der Waals surface area contributed by atoms with Gasteiger partial charge in [0.05, 0.1) is 22.3 Å². The van der Waals surface area contributed by atoms with Crippen molar-refractivity contribution in [2.75, 3.05) is 0 Å². The molecular formula is C20H18Cl2F3N3O2. The van der Waals surface area contributed by atoms with Crippen LogP contribution in [0, 0.1) is 0 Å². The first-order chi connectivity index (χ1) is 14.2. The van der Waals surface area contributed by atoms with Crippen molar-refractivity contribution in [3.05, 3.63) is 46.3 Å². The van der Waals surface area contributed by atoms with E-state index in [2.05, 4.69) is 10.2 Å². The summed E-state index contributed by atoms with van der Waals surface area (Å²) in [4.78, 5) is 0. The average Bonchev–Trinajstić information content (AvgIpc) is 3.07. The van der Waals surface area contributed by atoms with E-state index < -0.39 is 12.6 Å². The summed E-state index contributed by atoms with van der Waals surface area (Å²) >= 11 is 12.8. The molecule has 0 bridgehead atoms. The monoisotopic (exact) mass is 459 g/mol. The number of aromatic nitrogens is 3. The predicted octanol–water partition coefficient (Wildman–Crippen LogP) is 5.49. The van der Waals surface area contributed by atoms with Crippen LogP contribution in [0.4, 0.5) is 13.2 Å². The molecule has 0 saturated heterocycles. The Labute approximate surface area is 180 Å². The van der Waals surface area contributed by atoms with Crippen molar-refractivity contribution in [1.29, 1.82) is 0 Å². The number of nitrogens with zero attached hydrogens (tertiary/aromatic N) is 3. The van der Waals surface area contributed by atoms with Gasteiger partial charge in [0, 0.05) is 11.8 Å². The number of alkyl halides is 3. The molecule has 0 spiro atoms. The third kappa shape index (κ3) is 4.50. The van der Waals surface area contributed by atoms with Gasteiger partial charge in [-0.25, -0.2) is 0 Å². The first-order valence-corrected chi connectivity index (χ1v) is 10.2. The van der Waals surface area contributed by atoms with Crippen molar-refractivity contribution in [3.63, 3.8) is 0 Å². The fourth-order valence-electron chi connectivity index (χ4n) is 3.60. The summed E-state index contributed by atoms with van der Waals surface area (Å²) in [5.74, 6) is 0.305. The summed E-state index contributed by atoms with van der Waals surface area (Å²) in [5.41, 5.74) is 1.40. The standard InChI is InChI=1S/C20H18Cl2F3N3O2/c21-15-9-11(1-6-16(15)30-13-4-2-12(29)3-5-13)14-7-8-28-17(10-20(23,24)25)26-27-19(28)18(14)22/h1,6-9,12-13,29H,2-5,10H2. The largest absolute Gasteiger partial charge is 0.489 e. The molecule has 0 atom stereocenters. The fourth-order valence-corrected chi connectivity index (χ4v) is 4.13. The number of aliphatic hydroxyl groups excluding tert-OH is 1. The van der Waals surface area contributed by atoms with Crippen molar-refractivity contribution in [2.24, 2.45) is 0 Å². The van der Waals surface area contributed by atoms with Gasteiger partial charge in [-0.15, -0.1) is 10.2 Å². The quantitative estimate of drug-likeness (QED) is 0.560. The molecule has 160 valence electrons. The minimum Gasteiger partial charge on any atom is -0.489 e. The van der Waals surface area contributed by atoms with E-state index in [9.17, 15) is 18.3 Å². The lowest BCUT2D eigenvalue weighted by molar-refractivity contribution is -0.128. The van der Waals surface area contributed by atoms with E-state index in [0.717, 1.165) is 12.8 Å². The number of fused-ring (bicyclic) bond motifs is 1. The number of rotatable bonds is 4. The molecule has 4 rings (SSSR count). The molecule has 0 amide bonds. The molecule has 0 aliphatic heterocycles. The molecule has 10 heteroatoms. The highest BCUT2D eigenvalue weighted by atomic mass is 35.5. The lowest BCUT2D eigenvalue weighted by Crippen LogP contribution is -2.26. The van der Waals surface area contributed by atoms with Crippen LogP contribution in [-0.2, 0) is 6.42 Å². The molecule has 1 aliphatic rings. The summed E-state index contributed by atoms with van der Waals surface area (Å²) in [6.45, 7) is 0. The summed E-state index contributed by atoms with van der Waals surface area (Å²) in [7, 11) is 0. The van der Waals surface area contributed by atoms with E-state index in [0.29, 0.717) is 34.7 Å². The van der Waals surface area contributed by atoms with Gasteiger partial charge in [0.1, 0.15) is 18.0 Å². The highest BCUT2D eigenvalue weighted by molar-refractivity contribution is 6.36. The van der Waals surface area contributed by atoms with Crippen LogP contribution in [0.15, 0.2) is 30.5 Å². The Bertz CT molecular complexity index is 1060. The molecule has 5 nitrogen and oxygen atoms in total. The lowest BCUT2D eigenvalue weighted by Gasteiger charge is -2.26. The van der Waals surface area contributed by atoms with Gasteiger partial charge in [-0.05, 0) is 49.4 Å². The van der Waals surface area contributed by atoms with Gasteiger partial charge in [-0.2, -0.15) is 13.2 Å². The van der Waals surface area contributed by atoms with Gasteiger partial charge >= 0.3 is 6.18 Å². The Kier molecular flexibility index (Phi) is 5.83. The van der Waals surface area contributed by atoms with E-state index >= 15 is 0 Å². The fraction of sp³-hybridized carbons (Fsp3) is 0.400. The molecule has 0 radical (unpaired) electrons. The summed E-state index contributed by atoms with van der Waals surface area (Å²) in [6.07, 6.45) is -1.48. The smallest absolute Gasteiger partial charge is 0.396 e. The van der Waals surface area contributed by atoms with Crippen LogP contribution in [0.2, 0.25) is 10.0 Å². The van der Waals surface area contributed by atoms with Crippen molar-refractivity contribution in [1.82, 2.24) is 14.6 Å². The van der Waals surface area contributed by atoms with Gasteiger partial charge in [-0.1, -0.05) is 29.3 Å². The first kappa shape index (κ1) is 21.2. The van der Waals surface area contributed by atoms with Gasteiger partial charge in [-0.3, -0.25) is 4.40 Å². The van der Waals surface area contributed by atoms with Crippen LogP contribution < -0.4 is 4.74 Å². The van der Waals surface area contributed by atoms with Crippen LogP contribution in [0.5, 0.6) is 5.75 Å². The Balaban J connectivity index is 1.59. The second-order valence-electron chi connectivity index (χ2n) is 7.34. The third-order valence-electron chi connectivity index (χ3n) is 5.13. The molecule has 2 aromatic heterocycles. The summed E-state index contributed by atoms with van der Waals surface area (Å²) < 4.78 is 45.3. The highest BCUT2D eigenvalue weighted by Crippen LogP contribution is 2.37. The van der Waals surface area contributed by atoms with E-state index in [-0.39, 0.29) is 28.7 Å². The van der Waals surface area contributed by atoms with Crippen LogP contribution >= 0.6 is 23.2 Å². The highest BCUT2D eigenvalue weighted by Gasteiger charge is 2.31. The zero-order valence-corrected chi connectivity index (χ0v) is 17.2. The second kappa shape index (κ2) is 8.24. The van der Waals surface area contributed by atoms with Gasteiger partial charge in [0.2, 0.25) is 0 Å². The van der Waals surface area contributed by atoms with Gasteiger partial charge in [0.25, 0.3) is 0 Å². The average molecular weight is 460 g/mol. The van der Waals surface area contributed by atoms with Crippen LogP contribution in [0.3, 0.4) is 0 Å². The Hall–Kier alpha value is -2.03. The molecule has 30 heavy (non-hydrogen) atoms. The number of ether oxygens (including phenoxy) is 1. The molecule has 3 aromatic rings. The van der Waals surface area contributed by atoms with E-state index in [1.807, 2.05) is 0 Å². The number of halogens is 5. The minimum atomic E-state index is -4.39. The van der Waals surface area contributed by atoms with Gasteiger partial charge < -0.3 is 9.84 Å². The third-order valence-corrected chi connectivity index (χ3v) is 5.80. The molecule has 1 aromatic carbocycles. The number of hydrogen-bond donors (Lipinski definition) is 1. The molecule has 1 saturated carbocycles. The van der Waals surface area contributed by atoms with E-state index in [1.54, 1.807) is 24.3 Å². The maximum absolute atomic E-state index is 12.7. The lowest BCUT2D eigenvalue weighted by atomic mass is 9.95. The van der Waals surface area contributed by atoms with Crippen molar-refractivity contribution in [3.8, 4) is 16.9 Å². The van der Waals surface area contributed by atoms with Crippen molar-refractivity contribution < 1.29 is 23.0 Å². The molecule has 0 unspecified atom stereocenters. The van der Waals surface area contributed by atoms with Gasteiger partial charge in [0.15, 0.2) is 5.65 Å². The topological polar surface area (TPSA) is 59.7 Å². The maximum Gasteiger partial charge on any atom is 0.396 e. The van der Waals surface area contributed by atoms with Crippen LogP contribution in [0.1, 0.15) is 31.5 Å². The predicted molar refractivity (Wildman–Crippen MR) is 107 cm³/mol. The van der Waals surface area contributed by atoms with Crippen molar-refractivity contribution >= 4 is 28.8 Å². The molecule has 1 aliphatic carbocycles. The number of aliphatic hydroxyl groups is 1. The molecule has 2 heterocycles.